The third-order valence-electron chi connectivity index (χ3n) is 3.68. The maximum Gasteiger partial charge on any atom is 0.326 e. The number of carboxylic acid groups (broad SMARTS) is 2. The van der Waals surface area contributed by atoms with E-state index in [1.54, 1.807) is 13.8 Å². The fraction of sp³-hybridized carbons (Fsp3) is 0.688. The lowest BCUT2D eigenvalue weighted by atomic mass is 10.0. The minimum Gasteiger partial charge on any atom is -0.481 e. The van der Waals surface area contributed by atoms with Gasteiger partial charge in [-0.15, -0.1) is 0 Å². The number of hydrogen-bond acceptors (Lipinski definition) is 8. The molecule has 0 spiro atoms. The van der Waals surface area contributed by atoms with E-state index in [-0.39, 0.29) is 18.1 Å². The summed E-state index contributed by atoms with van der Waals surface area (Å²) in [7, 11) is 0. The molecule has 8 N–H and O–H groups in total. The summed E-state index contributed by atoms with van der Waals surface area (Å²) in [6.07, 6.45) is -0.686. The number of hydrogen-bond donors (Lipinski definition) is 8. The number of aliphatic hydroxyl groups excluding tert-OH is 1. The number of amides is 3. The summed E-state index contributed by atoms with van der Waals surface area (Å²) < 4.78 is 0. The van der Waals surface area contributed by atoms with Crippen molar-refractivity contribution >= 4 is 42.3 Å². The van der Waals surface area contributed by atoms with E-state index >= 15 is 0 Å². The van der Waals surface area contributed by atoms with Crippen LogP contribution in [-0.2, 0) is 24.0 Å². The summed E-state index contributed by atoms with van der Waals surface area (Å²) in [5.41, 5.74) is 5.57. The molecule has 0 aliphatic rings. The molecule has 3 amide bonds. The summed E-state index contributed by atoms with van der Waals surface area (Å²) in [4.78, 5) is 58.4. The first-order chi connectivity index (χ1) is 13.4. The molecule has 29 heavy (non-hydrogen) atoms. The Labute approximate surface area is 173 Å². The van der Waals surface area contributed by atoms with Gasteiger partial charge in [0.25, 0.3) is 0 Å². The molecule has 0 rings (SSSR count). The van der Waals surface area contributed by atoms with Crippen molar-refractivity contribution in [1.29, 1.82) is 0 Å². The molecule has 0 fully saturated rings. The maximum absolute atomic E-state index is 12.5. The molecule has 0 aromatic carbocycles. The molecule has 0 radical (unpaired) electrons. The summed E-state index contributed by atoms with van der Waals surface area (Å²) >= 11 is 3.91. The molecule has 0 saturated carbocycles. The number of aliphatic carboxylic acids is 2. The van der Waals surface area contributed by atoms with Crippen LogP contribution in [0.5, 0.6) is 0 Å². The van der Waals surface area contributed by atoms with E-state index in [2.05, 4.69) is 23.3 Å². The molecule has 0 aliphatic carbocycles. The number of rotatable bonds is 13. The molecule has 4 unspecified atom stereocenters. The van der Waals surface area contributed by atoms with Gasteiger partial charge in [-0.25, -0.2) is 4.79 Å². The average molecular weight is 436 g/mol. The van der Waals surface area contributed by atoms with Crippen LogP contribution in [0.1, 0.15) is 26.7 Å². The van der Waals surface area contributed by atoms with Crippen LogP contribution in [0.4, 0.5) is 0 Å². The van der Waals surface area contributed by atoms with E-state index in [1.165, 1.54) is 0 Å². The van der Waals surface area contributed by atoms with E-state index in [0.717, 1.165) is 0 Å². The van der Waals surface area contributed by atoms with Crippen LogP contribution in [0.15, 0.2) is 0 Å². The van der Waals surface area contributed by atoms with Crippen molar-refractivity contribution in [2.45, 2.75) is 50.9 Å². The van der Waals surface area contributed by atoms with Gasteiger partial charge in [-0.1, -0.05) is 13.8 Å². The Morgan fingerprint density at radius 2 is 1.38 bits per heavy atom. The summed E-state index contributed by atoms with van der Waals surface area (Å²) in [5, 5.41) is 33.7. The molecule has 0 aliphatic heterocycles. The second kappa shape index (κ2) is 13.0. The van der Waals surface area contributed by atoms with Gasteiger partial charge in [0.05, 0.1) is 19.1 Å². The zero-order valence-corrected chi connectivity index (χ0v) is 17.0. The van der Waals surface area contributed by atoms with Gasteiger partial charge in [-0.2, -0.15) is 12.6 Å². The van der Waals surface area contributed by atoms with Crippen molar-refractivity contribution < 1.29 is 39.3 Å². The second-order valence-corrected chi connectivity index (χ2v) is 7.09. The van der Waals surface area contributed by atoms with Crippen LogP contribution in [-0.4, -0.2) is 81.5 Å². The SMILES string of the molecule is CC(C)CC(NC(=O)C(N)CS)C(=O)NC(CO)C(=O)NC(CC(=O)O)C(=O)O. The lowest BCUT2D eigenvalue weighted by molar-refractivity contribution is -0.147. The lowest BCUT2D eigenvalue weighted by Crippen LogP contribution is -2.58. The molecule has 0 aromatic heterocycles. The number of carbonyl (C=O) groups is 5. The fourth-order valence-electron chi connectivity index (χ4n) is 2.18. The zero-order chi connectivity index (χ0) is 22.7. The van der Waals surface area contributed by atoms with E-state index in [9.17, 15) is 29.1 Å². The van der Waals surface area contributed by atoms with Crippen molar-refractivity contribution in [1.82, 2.24) is 16.0 Å². The molecule has 0 saturated heterocycles. The summed E-state index contributed by atoms with van der Waals surface area (Å²) in [6.45, 7) is 2.71. The van der Waals surface area contributed by atoms with Gasteiger partial charge in [0, 0.05) is 5.75 Å². The molecule has 166 valence electrons. The van der Waals surface area contributed by atoms with Gasteiger partial charge in [0.1, 0.15) is 18.1 Å². The average Bonchev–Trinajstić information content (AvgIpc) is 2.62. The predicted molar refractivity (Wildman–Crippen MR) is 104 cm³/mol. The van der Waals surface area contributed by atoms with Crippen LogP contribution in [0, 0.1) is 5.92 Å². The number of carboxylic acids is 2. The topological polar surface area (TPSA) is 208 Å². The number of aliphatic hydroxyl groups is 1. The molecule has 12 nitrogen and oxygen atoms in total. The van der Waals surface area contributed by atoms with Crippen LogP contribution < -0.4 is 21.7 Å². The van der Waals surface area contributed by atoms with E-state index in [1.807, 2.05) is 5.32 Å². The highest BCUT2D eigenvalue weighted by Crippen LogP contribution is 2.06. The lowest BCUT2D eigenvalue weighted by Gasteiger charge is -2.24. The van der Waals surface area contributed by atoms with Gasteiger partial charge in [-0.3, -0.25) is 19.2 Å². The van der Waals surface area contributed by atoms with Crippen molar-refractivity contribution in [3.05, 3.63) is 0 Å². The van der Waals surface area contributed by atoms with Gasteiger partial charge >= 0.3 is 11.9 Å². The van der Waals surface area contributed by atoms with Crippen LogP contribution in [0.25, 0.3) is 0 Å². The highest BCUT2D eigenvalue weighted by molar-refractivity contribution is 7.80. The van der Waals surface area contributed by atoms with Crippen molar-refractivity contribution in [3.8, 4) is 0 Å². The first kappa shape index (κ1) is 26.6. The maximum atomic E-state index is 12.5. The van der Waals surface area contributed by atoms with Gasteiger partial charge in [0.15, 0.2) is 0 Å². The van der Waals surface area contributed by atoms with Crippen LogP contribution in [0.3, 0.4) is 0 Å². The Morgan fingerprint density at radius 1 is 0.897 bits per heavy atom. The van der Waals surface area contributed by atoms with E-state index in [0.29, 0.717) is 0 Å². The molecule has 13 heteroatoms. The fourth-order valence-corrected chi connectivity index (χ4v) is 2.34. The van der Waals surface area contributed by atoms with Gasteiger partial charge in [-0.05, 0) is 12.3 Å². The Bertz CT molecular complexity index is 616. The van der Waals surface area contributed by atoms with E-state index < -0.39 is 66.9 Å². The quantitative estimate of drug-likeness (QED) is 0.141. The number of carbonyl (C=O) groups excluding carboxylic acids is 3. The third-order valence-corrected chi connectivity index (χ3v) is 4.08. The third kappa shape index (κ3) is 10.1. The largest absolute Gasteiger partial charge is 0.481 e. The number of nitrogens with two attached hydrogens (primary N) is 1. The second-order valence-electron chi connectivity index (χ2n) is 6.72. The first-order valence-corrected chi connectivity index (χ1v) is 9.39. The first-order valence-electron chi connectivity index (χ1n) is 8.75. The highest BCUT2D eigenvalue weighted by atomic mass is 32.1. The van der Waals surface area contributed by atoms with E-state index in [4.69, 9.17) is 15.9 Å². The van der Waals surface area contributed by atoms with Crippen LogP contribution in [0.2, 0.25) is 0 Å². The Morgan fingerprint density at radius 3 is 1.79 bits per heavy atom. The van der Waals surface area contributed by atoms with Crippen LogP contribution >= 0.6 is 12.6 Å². The minimum absolute atomic E-state index is 0.0216. The van der Waals surface area contributed by atoms with Gasteiger partial charge < -0.3 is 37.0 Å². The Kier molecular flexibility index (Phi) is 11.9. The molecule has 0 bridgehead atoms. The van der Waals surface area contributed by atoms with Crippen molar-refractivity contribution in [3.63, 3.8) is 0 Å². The summed E-state index contributed by atoms with van der Waals surface area (Å²) in [5.74, 6) is -5.53. The molecular weight excluding hydrogens is 408 g/mol. The van der Waals surface area contributed by atoms with Gasteiger partial charge in [0.2, 0.25) is 17.7 Å². The molecular formula is C16H28N4O8S. The standard InChI is InChI=1S/C16H28N4O8S/c1-7(2)3-9(18-13(24)8(17)6-29)14(25)20-11(5-21)15(26)19-10(16(27)28)4-12(22)23/h7-11,21,29H,3-6,17H2,1-2H3,(H,18,24)(H,19,26)(H,20,25)(H,22,23)(H,27,28). The molecule has 4 atom stereocenters. The normalized spacial score (nSPS) is 15.0. The monoisotopic (exact) mass is 436 g/mol. The Balaban J connectivity index is 5.21. The highest BCUT2D eigenvalue weighted by Gasteiger charge is 2.31. The zero-order valence-electron chi connectivity index (χ0n) is 16.1. The molecule has 0 heterocycles. The predicted octanol–water partition coefficient (Wildman–Crippen LogP) is -2.70. The Hall–Kier alpha value is -2.38. The van der Waals surface area contributed by atoms with Crippen molar-refractivity contribution in [2.24, 2.45) is 11.7 Å². The smallest absolute Gasteiger partial charge is 0.326 e. The minimum atomic E-state index is -1.74. The number of thiol groups is 1. The molecule has 0 aromatic rings. The summed E-state index contributed by atoms with van der Waals surface area (Å²) in [6, 6.07) is -5.32. The van der Waals surface area contributed by atoms with Crippen molar-refractivity contribution in [2.75, 3.05) is 12.4 Å². The number of nitrogens with one attached hydrogen (secondary N) is 3.